The number of fused-ring (bicyclic) bond motifs is 1. The Kier molecular flexibility index (Phi) is 3.52. The molecule has 2 aromatic rings. The van der Waals surface area contributed by atoms with E-state index in [4.69, 9.17) is 9.47 Å². The number of pyridine rings is 1. The molecule has 4 nitrogen and oxygen atoms in total. The predicted molar refractivity (Wildman–Crippen MR) is 75.2 cm³/mol. The van der Waals surface area contributed by atoms with Crippen LogP contribution < -0.4 is 14.2 Å². The number of rotatable bonds is 3. The fourth-order valence-electron chi connectivity index (χ4n) is 1.75. The van der Waals surface area contributed by atoms with Gasteiger partial charge in [-0.1, -0.05) is 27.7 Å². The number of benzene rings is 1. The van der Waals surface area contributed by atoms with E-state index >= 15 is 0 Å². The molecule has 1 aliphatic heterocycles. The van der Waals surface area contributed by atoms with Gasteiger partial charge in [-0.25, -0.2) is 0 Å². The molecular weight excluding hydrogens is 330 g/mol. The number of aromatic nitrogens is 1. The standard InChI is InChI=1S/C13H10BrNO3S/c14-10-6-12-11(17-8-18-12)5-9(10)7-19-13-3-1-2-4-15(13)16/h1-6H,7-8H2. The fourth-order valence-corrected chi connectivity index (χ4v) is 3.30. The molecule has 2 heterocycles. The monoisotopic (exact) mass is 339 g/mol. The molecule has 0 saturated carbocycles. The highest BCUT2D eigenvalue weighted by Gasteiger charge is 2.17. The third-order valence-electron chi connectivity index (χ3n) is 2.71. The Balaban J connectivity index is 1.79. The topological polar surface area (TPSA) is 45.4 Å². The molecule has 1 aliphatic rings. The van der Waals surface area contributed by atoms with Gasteiger partial charge in [0.25, 0.3) is 5.03 Å². The lowest BCUT2D eigenvalue weighted by molar-refractivity contribution is -0.645. The summed E-state index contributed by atoms with van der Waals surface area (Å²) >= 11 is 4.99. The van der Waals surface area contributed by atoms with Gasteiger partial charge < -0.3 is 14.7 Å². The van der Waals surface area contributed by atoms with Crippen LogP contribution in [0, 0.1) is 5.21 Å². The van der Waals surface area contributed by atoms with Crippen LogP contribution in [0.25, 0.3) is 0 Å². The zero-order valence-electron chi connectivity index (χ0n) is 9.84. The van der Waals surface area contributed by atoms with E-state index in [-0.39, 0.29) is 6.79 Å². The lowest BCUT2D eigenvalue weighted by Crippen LogP contribution is -2.27. The molecule has 0 fully saturated rings. The van der Waals surface area contributed by atoms with Crippen molar-refractivity contribution < 1.29 is 14.2 Å². The van der Waals surface area contributed by atoms with Crippen LogP contribution in [0.4, 0.5) is 0 Å². The van der Waals surface area contributed by atoms with Gasteiger partial charge in [-0.05, 0) is 23.8 Å². The van der Waals surface area contributed by atoms with Gasteiger partial charge in [0.1, 0.15) is 0 Å². The Morgan fingerprint density at radius 3 is 2.84 bits per heavy atom. The second kappa shape index (κ2) is 5.30. The van der Waals surface area contributed by atoms with E-state index in [2.05, 4.69) is 15.9 Å². The molecule has 98 valence electrons. The van der Waals surface area contributed by atoms with Crippen molar-refractivity contribution in [3.63, 3.8) is 0 Å². The fraction of sp³-hybridized carbons (Fsp3) is 0.154. The number of thioether (sulfide) groups is 1. The minimum Gasteiger partial charge on any atom is -0.618 e. The Morgan fingerprint density at radius 2 is 2.05 bits per heavy atom. The maximum Gasteiger partial charge on any atom is 0.251 e. The van der Waals surface area contributed by atoms with Crippen molar-refractivity contribution >= 4 is 27.7 Å². The first-order chi connectivity index (χ1) is 9.24. The van der Waals surface area contributed by atoms with Crippen LogP contribution in [0.5, 0.6) is 11.5 Å². The predicted octanol–water partition coefficient (Wildman–Crippen LogP) is 3.10. The summed E-state index contributed by atoms with van der Waals surface area (Å²) in [4.78, 5) is 0. The van der Waals surface area contributed by atoms with E-state index in [1.807, 2.05) is 18.2 Å². The summed E-state index contributed by atoms with van der Waals surface area (Å²) in [7, 11) is 0. The highest BCUT2D eigenvalue weighted by atomic mass is 79.9. The lowest BCUT2D eigenvalue weighted by atomic mass is 10.2. The molecule has 0 radical (unpaired) electrons. The molecule has 0 aliphatic carbocycles. The SMILES string of the molecule is [O-][n+]1ccccc1SCc1cc2c(cc1Br)OCO2. The third kappa shape index (κ3) is 2.64. The summed E-state index contributed by atoms with van der Waals surface area (Å²) in [6.07, 6.45) is 1.50. The first kappa shape index (κ1) is 12.6. The molecule has 0 saturated heterocycles. The summed E-state index contributed by atoms with van der Waals surface area (Å²) in [5.74, 6) is 2.19. The summed E-state index contributed by atoms with van der Waals surface area (Å²) in [6.45, 7) is 0.262. The van der Waals surface area contributed by atoms with Crippen LogP contribution in [0.1, 0.15) is 5.56 Å². The van der Waals surface area contributed by atoms with Gasteiger partial charge in [-0.3, -0.25) is 0 Å². The van der Waals surface area contributed by atoms with Crippen molar-refractivity contribution in [3.8, 4) is 11.5 Å². The van der Waals surface area contributed by atoms with E-state index in [1.54, 1.807) is 12.1 Å². The average molecular weight is 340 g/mol. The van der Waals surface area contributed by atoms with Crippen molar-refractivity contribution in [1.29, 1.82) is 0 Å². The van der Waals surface area contributed by atoms with E-state index < -0.39 is 0 Å². The van der Waals surface area contributed by atoms with Crippen molar-refractivity contribution in [3.05, 3.63) is 51.8 Å². The maximum atomic E-state index is 11.6. The molecule has 0 spiro atoms. The smallest absolute Gasteiger partial charge is 0.251 e. The first-order valence-electron chi connectivity index (χ1n) is 5.63. The quantitative estimate of drug-likeness (QED) is 0.489. The lowest BCUT2D eigenvalue weighted by Gasteiger charge is -2.06. The van der Waals surface area contributed by atoms with Crippen LogP contribution in [0.15, 0.2) is 46.0 Å². The Hall–Kier alpha value is -1.40. The Labute approximate surface area is 123 Å². The highest BCUT2D eigenvalue weighted by Crippen LogP contribution is 2.38. The van der Waals surface area contributed by atoms with Crippen LogP contribution in [-0.2, 0) is 5.75 Å². The molecule has 0 unspecified atom stereocenters. The summed E-state index contributed by atoms with van der Waals surface area (Å²) in [6, 6.07) is 9.21. The van der Waals surface area contributed by atoms with Gasteiger partial charge >= 0.3 is 0 Å². The van der Waals surface area contributed by atoms with Crippen LogP contribution >= 0.6 is 27.7 Å². The van der Waals surface area contributed by atoms with Gasteiger partial charge in [0.15, 0.2) is 17.7 Å². The molecule has 19 heavy (non-hydrogen) atoms. The summed E-state index contributed by atoms with van der Waals surface area (Å²) < 4.78 is 12.5. The normalized spacial score (nSPS) is 12.7. The molecule has 0 N–H and O–H groups in total. The maximum absolute atomic E-state index is 11.6. The molecular formula is C13H10BrNO3S. The second-order valence-corrected chi connectivity index (χ2v) is 5.80. The molecule has 3 rings (SSSR count). The first-order valence-corrected chi connectivity index (χ1v) is 7.41. The highest BCUT2D eigenvalue weighted by molar-refractivity contribution is 9.10. The molecule has 0 bridgehead atoms. The molecule has 1 aromatic heterocycles. The molecule has 1 aromatic carbocycles. The third-order valence-corrected chi connectivity index (χ3v) is 4.51. The van der Waals surface area contributed by atoms with Crippen LogP contribution in [-0.4, -0.2) is 6.79 Å². The van der Waals surface area contributed by atoms with Crippen LogP contribution in [0.2, 0.25) is 0 Å². The van der Waals surface area contributed by atoms with E-state index in [0.717, 1.165) is 26.3 Å². The minimum atomic E-state index is 0.262. The van der Waals surface area contributed by atoms with Gasteiger partial charge in [-0.2, -0.15) is 4.73 Å². The number of halogens is 1. The van der Waals surface area contributed by atoms with Crippen molar-refractivity contribution in [2.75, 3.05) is 6.79 Å². The molecule has 0 amide bonds. The van der Waals surface area contributed by atoms with E-state index in [1.165, 1.54) is 18.0 Å². The minimum absolute atomic E-state index is 0.262. The number of ether oxygens (including phenoxy) is 2. The van der Waals surface area contributed by atoms with Crippen molar-refractivity contribution in [2.24, 2.45) is 0 Å². The Morgan fingerprint density at radius 1 is 1.26 bits per heavy atom. The van der Waals surface area contributed by atoms with Gasteiger partial charge in [-0.15, -0.1) is 0 Å². The van der Waals surface area contributed by atoms with Crippen LogP contribution in [0.3, 0.4) is 0 Å². The summed E-state index contributed by atoms with van der Waals surface area (Å²) in [5.41, 5.74) is 1.07. The molecule has 6 heteroatoms. The average Bonchev–Trinajstić information content (AvgIpc) is 2.84. The number of nitrogens with zero attached hydrogens (tertiary/aromatic N) is 1. The second-order valence-electron chi connectivity index (χ2n) is 3.95. The van der Waals surface area contributed by atoms with Gasteiger partial charge in [0.2, 0.25) is 6.79 Å². The number of hydrogen-bond donors (Lipinski definition) is 0. The summed E-state index contributed by atoms with van der Waals surface area (Å²) in [5, 5.41) is 12.2. The number of hydrogen-bond acceptors (Lipinski definition) is 4. The molecule has 0 atom stereocenters. The zero-order chi connectivity index (χ0) is 13.2. The Bertz CT molecular complexity index is 621. The van der Waals surface area contributed by atoms with E-state index in [0.29, 0.717) is 10.8 Å². The largest absolute Gasteiger partial charge is 0.618 e. The van der Waals surface area contributed by atoms with Crippen molar-refractivity contribution in [1.82, 2.24) is 0 Å². The van der Waals surface area contributed by atoms with Gasteiger partial charge in [0, 0.05) is 22.4 Å². The van der Waals surface area contributed by atoms with Gasteiger partial charge in [0.05, 0.1) is 0 Å². The zero-order valence-corrected chi connectivity index (χ0v) is 12.2. The van der Waals surface area contributed by atoms with Crippen molar-refractivity contribution in [2.45, 2.75) is 10.8 Å². The van der Waals surface area contributed by atoms with E-state index in [9.17, 15) is 5.21 Å².